The summed E-state index contributed by atoms with van der Waals surface area (Å²) in [6, 6.07) is 9.70. The van der Waals surface area contributed by atoms with Gasteiger partial charge in [0.15, 0.2) is 0 Å². The fraction of sp³-hybridized carbons (Fsp3) is 0.579. The smallest absolute Gasteiger partial charge is 0.242 e. The highest BCUT2D eigenvalue weighted by Crippen LogP contribution is 2.27. The van der Waals surface area contributed by atoms with Crippen LogP contribution in [0.4, 0.5) is 0 Å². The average Bonchev–Trinajstić information content (AvgIpc) is 2.56. The van der Waals surface area contributed by atoms with E-state index in [1.54, 1.807) is 0 Å². The molecule has 126 valence electrons. The lowest BCUT2D eigenvalue weighted by Gasteiger charge is -2.26. The van der Waals surface area contributed by atoms with E-state index in [1.165, 1.54) is 44.6 Å². The molecule has 0 saturated heterocycles. The van der Waals surface area contributed by atoms with E-state index in [9.17, 15) is 9.59 Å². The van der Waals surface area contributed by atoms with Crippen LogP contribution in [0.5, 0.6) is 0 Å². The summed E-state index contributed by atoms with van der Waals surface area (Å²) in [5.74, 6) is 0.367. The second-order valence-electron chi connectivity index (χ2n) is 6.52. The zero-order valence-electron chi connectivity index (χ0n) is 14.0. The fourth-order valence-corrected chi connectivity index (χ4v) is 3.33. The number of amides is 2. The molecule has 0 unspecified atom stereocenters. The van der Waals surface area contributed by atoms with Crippen molar-refractivity contribution in [3.63, 3.8) is 0 Å². The molecule has 4 nitrogen and oxygen atoms in total. The zero-order chi connectivity index (χ0) is 16.5. The molecule has 0 radical (unpaired) electrons. The summed E-state index contributed by atoms with van der Waals surface area (Å²) in [5.41, 5.74) is 1.20. The molecule has 0 aliphatic heterocycles. The van der Waals surface area contributed by atoms with Crippen molar-refractivity contribution in [2.24, 2.45) is 5.92 Å². The number of carbonyl (C=O) groups excluding carboxylic acids is 2. The van der Waals surface area contributed by atoms with Gasteiger partial charge in [0, 0.05) is 13.5 Å². The molecule has 0 aromatic heterocycles. The Balaban J connectivity index is 1.81. The maximum Gasteiger partial charge on any atom is 0.242 e. The normalized spacial score (nSPS) is 16.6. The standard InChI is InChI=1S/C19H28N2O2/c1-15(22)21-18(14-17-10-6-3-7-11-17)19(23)20-13-12-16-8-4-2-5-9-16/h2,4-5,8-9,17-18H,3,6-7,10-14H2,1H3,(H,20,23)(H,21,22)/t18-/m1/s1. The first-order valence-corrected chi connectivity index (χ1v) is 8.74. The first kappa shape index (κ1) is 17.5. The van der Waals surface area contributed by atoms with Crippen LogP contribution >= 0.6 is 0 Å². The predicted octanol–water partition coefficient (Wildman–Crippen LogP) is 2.82. The van der Waals surface area contributed by atoms with E-state index in [0.717, 1.165) is 12.8 Å². The lowest BCUT2D eigenvalue weighted by atomic mass is 9.84. The average molecular weight is 316 g/mol. The first-order valence-electron chi connectivity index (χ1n) is 8.74. The van der Waals surface area contributed by atoms with Gasteiger partial charge in [0.2, 0.25) is 11.8 Å². The van der Waals surface area contributed by atoms with Crippen LogP contribution in [-0.2, 0) is 16.0 Å². The zero-order valence-corrected chi connectivity index (χ0v) is 14.0. The summed E-state index contributed by atoms with van der Waals surface area (Å²) in [4.78, 5) is 23.8. The van der Waals surface area contributed by atoms with E-state index in [2.05, 4.69) is 22.8 Å². The second-order valence-corrected chi connectivity index (χ2v) is 6.52. The Labute approximate surface area is 139 Å². The SMILES string of the molecule is CC(=O)N[C@H](CC1CCCCC1)C(=O)NCCc1ccccc1. The molecule has 0 heterocycles. The van der Waals surface area contributed by atoms with E-state index in [4.69, 9.17) is 0 Å². The Morgan fingerprint density at radius 3 is 2.48 bits per heavy atom. The van der Waals surface area contributed by atoms with Crippen molar-refractivity contribution in [1.29, 1.82) is 0 Å². The molecule has 1 fully saturated rings. The van der Waals surface area contributed by atoms with Gasteiger partial charge >= 0.3 is 0 Å². The number of nitrogens with one attached hydrogen (secondary N) is 2. The van der Waals surface area contributed by atoms with E-state index >= 15 is 0 Å². The summed E-state index contributed by atoms with van der Waals surface area (Å²) in [5, 5.41) is 5.80. The van der Waals surface area contributed by atoms with Crippen molar-refractivity contribution in [2.75, 3.05) is 6.54 Å². The summed E-state index contributed by atoms with van der Waals surface area (Å²) >= 11 is 0. The largest absolute Gasteiger partial charge is 0.354 e. The Bertz CT molecular complexity index is 495. The highest BCUT2D eigenvalue weighted by molar-refractivity contribution is 5.86. The minimum Gasteiger partial charge on any atom is -0.354 e. The summed E-state index contributed by atoms with van der Waals surface area (Å²) < 4.78 is 0. The number of carbonyl (C=O) groups is 2. The summed E-state index contributed by atoms with van der Waals surface area (Å²) in [7, 11) is 0. The van der Waals surface area contributed by atoms with Crippen LogP contribution in [0, 0.1) is 5.92 Å². The van der Waals surface area contributed by atoms with Crippen molar-refractivity contribution >= 4 is 11.8 Å². The monoisotopic (exact) mass is 316 g/mol. The third kappa shape index (κ3) is 6.43. The molecule has 2 N–H and O–H groups in total. The van der Waals surface area contributed by atoms with Gasteiger partial charge in [0.25, 0.3) is 0 Å². The number of benzene rings is 1. The molecule has 0 bridgehead atoms. The maximum atomic E-state index is 12.4. The molecule has 1 saturated carbocycles. The Hall–Kier alpha value is -1.84. The van der Waals surface area contributed by atoms with Crippen molar-refractivity contribution in [3.8, 4) is 0 Å². The molecule has 1 atom stereocenters. The van der Waals surface area contributed by atoms with E-state index in [0.29, 0.717) is 12.5 Å². The van der Waals surface area contributed by atoms with Gasteiger partial charge < -0.3 is 10.6 Å². The molecule has 1 aromatic carbocycles. The van der Waals surface area contributed by atoms with Crippen molar-refractivity contribution in [1.82, 2.24) is 10.6 Å². The molecule has 1 aliphatic rings. The van der Waals surface area contributed by atoms with Crippen LogP contribution in [-0.4, -0.2) is 24.4 Å². The van der Waals surface area contributed by atoms with Crippen LogP contribution in [0.2, 0.25) is 0 Å². The quantitative estimate of drug-likeness (QED) is 0.812. The number of hydrogen-bond acceptors (Lipinski definition) is 2. The van der Waals surface area contributed by atoms with Gasteiger partial charge in [-0.05, 0) is 24.3 Å². The molecular formula is C19H28N2O2. The Morgan fingerprint density at radius 2 is 1.83 bits per heavy atom. The van der Waals surface area contributed by atoms with Crippen LogP contribution in [0.3, 0.4) is 0 Å². The minimum atomic E-state index is -0.397. The molecule has 0 spiro atoms. The van der Waals surface area contributed by atoms with Gasteiger partial charge in [-0.15, -0.1) is 0 Å². The third-order valence-corrected chi connectivity index (χ3v) is 4.54. The lowest BCUT2D eigenvalue weighted by Crippen LogP contribution is -2.47. The summed E-state index contributed by atoms with van der Waals surface area (Å²) in [6.45, 7) is 2.08. The van der Waals surface area contributed by atoms with Gasteiger partial charge in [0.05, 0.1) is 0 Å². The van der Waals surface area contributed by atoms with Crippen molar-refractivity contribution in [3.05, 3.63) is 35.9 Å². The van der Waals surface area contributed by atoms with Gasteiger partial charge in [-0.1, -0.05) is 62.4 Å². The number of hydrogen-bond donors (Lipinski definition) is 2. The second kappa shape index (κ2) is 9.33. The van der Waals surface area contributed by atoms with Crippen LogP contribution < -0.4 is 10.6 Å². The molecular weight excluding hydrogens is 288 g/mol. The first-order chi connectivity index (χ1) is 11.1. The minimum absolute atomic E-state index is 0.0540. The maximum absolute atomic E-state index is 12.4. The van der Waals surface area contributed by atoms with Crippen molar-refractivity contribution in [2.45, 2.75) is 57.9 Å². The predicted molar refractivity (Wildman–Crippen MR) is 92.0 cm³/mol. The van der Waals surface area contributed by atoms with Crippen LogP contribution in [0.1, 0.15) is 51.0 Å². The van der Waals surface area contributed by atoms with Crippen LogP contribution in [0.15, 0.2) is 30.3 Å². The molecule has 23 heavy (non-hydrogen) atoms. The Kier molecular flexibility index (Phi) is 7.11. The molecule has 1 aromatic rings. The third-order valence-electron chi connectivity index (χ3n) is 4.54. The number of rotatable bonds is 7. The Morgan fingerprint density at radius 1 is 1.13 bits per heavy atom. The van der Waals surface area contributed by atoms with E-state index in [-0.39, 0.29) is 11.8 Å². The summed E-state index contributed by atoms with van der Waals surface area (Å²) in [6.07, 6.45) is 7.70. The van der Waals surface area contributed by atoms with Crippen molar-refractivity contribution < 1.29 is 9.59 Å². The van der Waals surface area contributed by atoms with Gasteiger partial charge in [0.1, 0.15) is 6.04 Å². The lowest BCUT2D eigenvalue weighted by molar-refractivity contribution is -0.128. The highest BCUT2D eigenvalue weighted by atomic mass is 16.2. The fourth-order valence-electron chi connectivity index (χ4n) is 3.33. The van der Waals surface area contributed by atoms with Gasteiger partial charge in [-0.2, -0.15) is 0 Å². The van der Waals surface area contributed by atoms with Gasteiger partial charge in [-0.25, -0.2) is 0 Å². The highest BCUT2D eigenvalue weighted by Gasteiger charge is 2.24. The molecule has 1 aliphatic carbocycles. The molecule has 2 rings (SSSR count). The topological polar surface area (TPSA) is 58.2 Å². The van der Waals surface area contributed by atoms with E-state index < -0.39 is 6.04 Å². The van der Waals surface area contributed by atoms with Gasteiger partial charge in [-0.3, -0.25) is 9.59 Å². The van der Waals surface area contributed by atoms with Crippen LogP contribution in [0.25, 0.3) is 0 Å². The molecule has 4 heteroatoms. The van der Waals surface area contributed by atoms with E-state index in [1.807, 2.05) is 18.2 Å². The molecule has 2 amide bonds.